The summed E-state index contributed by atoms with van der Waals surface area (Å²) in [5.74, 6) is -1.54. The Morgan fingerprint density at radius 2 is 1.08 bits per heavy atom. The first-order valence-electron chi connectivity index (χ1n) is 13.3. The third-order valence-electron chi connectivity index (χ3n) is 8.86. The zero-order valence-corrected chi connectivity index (χ0v) is 26.2. The fraction of sp³-hybridized carbons (Fsp3) is 0.250. The molecule has 2 aromatic carbocycles. The number of benzene rings is 2. The van der Waals surface area contributed by atoms with Crippen molar-refractivity contribution in [3.63, 3.8) is 0 Å². The van der Waals surface area contributed by atoms with Crippen molar-refractivity contribution >= 4 is 34.1 Å². The van der Waals surface area contributed by atoms with Crippen LogP contribution in [-0.2, 0) is 15.6 Å². The predicted molar refractivity (Wildman–Crippen MR) is 158 cm³/mol. The van der Waals surface area contributed by atoms with Gasteiger partial charge in [0.2, 0.25) is 0 Å². The third kappa shape index (κ3) is 3.79. The van der Waals surface area contributed by atoms with Gasteiger partial charge in [-0.2, -0.15) is 0 Å². The Morgan fingerprint density at radius 1 is 0.667 bits per heavy atom. The molecular weight excluding hydrogens is 575 g/mol. The van der Waals surface area contributed by atoms with Gasteiger partial charge in [0.1, 0.15) is 0 Å². The van der Waals surface area contributed by atoms with E-state index in [0.29, 0.717) is 0 Å². The standard InChI is InChI=1S/2C15H13.C2H7Si.2ClH.Zr/c2*1-2-6-12(7-3-1)15-10-13-8-4-5-9-14(13)11-15;1-3-2;;;/h2*1-4,6-8,10-11H,5,9H2;3H,1-2H3;2*1H;/q;;;;;+2/p-2. The minimum absolute atomic E-state index is 0.165. The van der Waals surface area contributed by atoms with Crippen LogP contribution in [-0.4, -0.2) is 5.92 Å². The zero-order chi connectivity index (χ0) is 24.9. The molecule has 0 aromatic heterocycles. The summed E-state index contributed by atoms with van der Waals surface area (Å²) in [6, 6.07) is 21.8. The van der Waals surface area contributed by atoms with E-state index in [1.165, 1.54) is 44.6 Å². The minimum atomic E-state index is -4.68. The Balaban J connectivity index is 1.62. The third-order valence-corrected chi connectivity index (χ3v) is 60.6. The van der Waals surface area contributed by atoms with Crippen LogP contribution < -0.4 is 0 Å². The van der Waals surface area contributed by atoms with E-state index in [2.05, 4.69) is 110 Å². The van der Waals surface area contributed by atoms with E-state index in [9.17, 15) is 0 Å². The van der Waals surface area contributed by atoms with Crippen molar-refractivity contribution in [3.05, 3.63) is 131 Å². The van der Waals surface area contributed by atoms with Gasteiger partial charge in [0, 0.05) is 0 Å². The van der Waals surface area contributed by atoms with Crippen molar-refractivity contribution in [2.45, 2.75) is 46.0 Å². The average molecular weight is 608 g/mol. The van der Waals surface area contributed by atoms with Gasteiger partial charge in [0.25, 0.3) is 0 Å². The van der Waals surface area contributed by atoms with Crippen LogP contribution in [0.2, 0.25) is 20.3 Å². The molecule has 2 unspecified atom stereocenters. The van der Waals surface area contributed by atoms with Gasteiger partial charge in [-0.1, -0.05) is 0 Å². The molecule has 4 heteroatoms. The first kappa shape index (κ1) is 24.9. The van der Waals surface area contributed by atoms with E-state index >= 15 is 0 Å². The van der Waals surface area contributed by atoms with Crippen molar-refractivity contribution < 1.29 is 15.6 Å². The van der Waals surface area contributed by atoms with E-state index in [1.807, 2.05) is 0 Å². The van der Waals surface area contributed by atoms with E-state index in [4.69, 9.17) is 17.0 Å². The first-order chi connectivity index (χ1) is 17.4. The molecule has 0 saturated heterocycles. The molecule has 0 nitrogen and oxygen atoms in total. The maximum atomic E-state index is 8.51. The number of hydrogen-bond donors (Lipinski definition) is 0. The quantitative estimate of drug-likeness (QED) is 0.297. The molecule has 0 saturated carbocycles. The van der Waals surface area contributed by atoms with E-state index in [1.54, 1.807) is 0 Å². The van der Waals surface area contributed by atoms with Crippen LogP contribution in [0.1, 0.15) is 36.8 Å². The van der Waals surface area contributed by atoms with Crippen LogP contribution in [0, 0.1) is 0 Å². The van der Waals surface area contributed by atoms with Crippen LogP contribution in [0.3, 0.4) is 0 Å². The summed E-state index contributed by atoms with van der Waals surface area (Å²) < 4.78 is 0.331. The van der Waals surface area contributed by atoms with Crippen molar-refractivity contribution in [2.24, 2.45) is 0 Å². The second-order valence-electron chi connectivity index (χ2n) is 11.0. The van der Waals surface area contributed by atoms with Gasteiger partial charge in [0.05, 0.1) is 0 Å². The molecule has 0 N–H and O–H groups in total. The Morgan fingerprint density at radius 3 is 1.47 bits per heavy atom. The zero-order valence-electron chi connectivity index (χ0n) is 21.1. The molecule has 0 heterocycles. The summed E-state index contributed by atoms with van der Waals surface area (Å²) in [4.78, 5) is 0. The second-order valence-corrected chi connectivity index (χ2v) is 53.5. The Bertz CT molecular complexity index is 1290. The Labute approximate surface area is 224 Å². The van der Waals surface area contributed by atoms with Gasteiger partial charge in [-0.3, -0.25) is 0 Å². The summed E-state index contributed by atoms with van der Waals surface area (Å²) in [6.45, 7) is 4.90. The van der Waals surface area contributed by atoms with E-state index in [0.717, 1.165) is 25.7 Å². The van der Waals surface area contributed by atoms with Crippen molar-refractivity contribution in [1.29, 1.82) is 0 Å². The Hall–Kier alpha value is -1.44. The van der Waals surface area contributed by atoms with Crippen molar-refractivity contribution in [2.75, 3.05) is 0 Å². The molecule has 36 heavy (non-hydrogen) atoms. The van der Waals surface area contributed by atoms with Gasteiger partial charge in [0.15, 0.2) is 0 Å². The van der Waals surface area contributed by atoms with Crippen LogP contribution in [0.15, 0.2) is 119 Å². The predicted octanol–water partition coefficient (Wildman–Crippen LogP) is 10.0. The van der Waals surface area contributed by atoms with Gasteiger partial charge >= 0.3 is 226 Å². The number of rotatable bonds is 5. The summed E-state index contributed by atoms with van der Waals surface area (Å²) in [7, 11) is 17.0. The molecule has 0 bridgehead atoms. The molecule has 4 aliphatic rings. The molecule has 0 spiro atoms. The van der Waals surface area contributed by atoms with E-state index < -0.39 is 21.5 Å². The molecule has 0 aliphatic heterocycles. The Kier molecular flexibility index (Phi) is 6.49. The molecule has 6 rings (SSSR count). The monoisotopic (exact) mass is 605 g/mol. The normalized spacial score (nSPS) is 24.4. The van der Waals surface area contributed by atoms with Crippen LogP contribution in [0.4, 0.5) is 0 Å². The number of hydrogen-bond acceptors (Lipinski definition) is 0. The van der Waals surface area contributed by atoms with Crippen LogP contribution >= 0.6 is 17.0 Å². The summed E-state index contributed by atoms with van der Waals surface area (Å²) in [5.41, 5.74) is 11.1. The van der Waals surface area contributed by atoms with E-state index in [-0.39, 0.29) is 7.25 Å². The van der Waals surface area contributed by atoms with Crippen molar-refractivity contribution in [1.82, 2.24) is 0 Å². The molecule has 0 radical (unpaired) electrons. The SMILES string of the molecule is C[SiH](C)[Zr]([Cl])([Cl])([CH]1C(c2ccccc2)=CC2=C1CCC=C2)[CH]1C(c2ccccc2)=CC2=C1CCC=C2. The molecular formula is C32H33Cl2SiZr. The summed E-state index contributed by atoms with van der Waals surface area (Å²) in [6.07, 6.45) is 18.4. The molecule has 0 amide bonds. The first-order valence-corrected chi connectivity index (χ1v) is 29.6. The topological polar surface area (TPSA) is 0 Å². The number of allylic oxidation sites excluding steroid dienone is 12. The molecule has 2 atom stereocenters. The van der Waals surface area contributed by atoms with Crippen LogP contribution in [0.25, 0.3) is 11.1 Å². The van der Waals surface area contributed by atoms with Gasteiger partial charge in [-0.15, -0.1) is 0 Å². The fourth-order valence-corrected chi connectivity index (χ4v) is 38.4. The fourth-order valence-electron chi connectivity index (χ4n) is 7.04. The molecule has 2 aromatic rings. The van der Waals surface area contributed by atoms with Gasteiger partial charge < -0.3 is 0 Å². The maximum absolute atomic E-state index is 8.51. The molecule has 0 fully saturated rings. The molecule has 4 aliphatic carbocycles. The van der Waals surface area contributed by atoms with Gasteiger partial charge in [-0.25, -0.2) is 0 Å². The average Bonchev–Trinajstić information content (AvgIpc) is 3.50. The summed E-state index contributed by atoms with van der Waals surface area (Å²) in [5, 5.41) is 0. The van der Waals surface area contributed by atoms with Gasteiger partial charge in [-0.05, 0) is 0 Å². The summed E-state index contributed by atoms with van der Waals surface area (Å²) >= 11 is -4.68. The molecule has 183 valence electrons. The second kappa shape index (κ2) is 9.39. The number of halogens is 2. The van der Waals surface area contributed by atoms with Crippen molar-refractivity contribution in [3.8, 4) is 0 Å². The van der Waals surface area contributed by atoms with Crippen LogP contribution in [0.5, 0.6) is 0 Å².